The van der Waals surface area contributed by atoms with E-state index in [2.05, 4.69) is 47.6 Å². The number of halogens is 1. The average Bonchev–Trinajstić information content (AvgIpc) is 2.00. The lowest BCUT2D eigenvalue weighted by molar-refractivity contribution is 0.929. The number of hydrogen-bond donors (Lipinski definition) is 0. The molecule has 0 spiro atoms. The fraction of sp³-hybridized carbons (Fsp3) is 0.800. The molecule has 0 aliphatic rings. The molecule has 0 saturated carbocycles. The average molecular weight is 205 g/mol. The Balaban J connectivity index is 4.88. The normalized spacial score (nSPS) is 14.6. The van der Waals surface area contributed by atoms with Crippen molar-refractivity contribution in [3.63, 3.8) is 0 Å². The highest BCUT2D eigenvalue weighted by Crippen LogP contribution is 2.41. The molecule has 12 heavy (non-hydrogen) atoms. The van der Waals surface area contributed by atoms with Crippen LogP contribution in [0.1, 0.15) is 41.5 Å². The van der Waals surface area contributed by atoms with Crippen LogP contribution < -0.4 is 0 Å². The molecule has 0 N–H and O–H groups in total. The Morgan fingerprint density at radius 3 is 1.58 bits per heavy atom. The first-order valence-electron chi connectivity index (χ1n) is 4.69. The Kier molecular flexibility index (Phi) is 4.57. The summed E-state index contributed by atoms with van der Waals surface area (Å²) in [5, 5.41) is 1.43. The van der Waals surface area contributed by atoms with Gasteiger partial charge in [-0.2, -0.15) is 11.1 Å². The third kappa shape index (κ3) is 2.14. The molecule has 2 heteroatoms. The van der Waals surface area contributed by atoms with E-state index in [1.165, 1.54) is 5.20 Å². The molecule has 0 aliphatic heterocycles. The minimum atomic E-state index is -1.67. The summed E-state index contributed by atoms with van der Waals surface area (Å²) in [4.78, 5) is 0. The summed E-state index contributed by atoms with van der Waals surface area (Å²) in [5.41, 5.74) is 1.24. The summed E-state index contributed by atoms with van der Waals surface area (Å²) in [6.07, 6.45) is 2.18. The van der Waals surface area contributed by atoms with Gasteiger partial charge < -0.3 is 0 Å². The highest BCUT2D eigenvalue weighted by Gasteiger charge is 2.39. The Morgan fingerprint density at radius 1 is 1.17 bits per heavy atom. The smallest absolute Gasteiger partial charge is 0.161 e. The second kappa shape index (κ2) is 4.47. The quantitative estimate of drug-likeness (QED) is 0.469. The Hall–Kier alpha value is 0.247. The lowest BCUT2D eigenvalue weighted by Gasteiger charge is -2.33. The number of hydrogen-bond acceptors (Lipinski definition) is 0. The predicted octanol–water partition coefficient (Wildman–Crippen LogP) is 4.50. The molecule has 0 saturated heterocycles. The van der Waals surface area contributed by atoms with Gasteiger partial charge in [0.1, 0.15) is 0 Å². The maximum atomic E-state index is 6.73. The molecule has 0 rings (SSSR count). The first-order valence-corrected chi connectivity index (χ1v) is 7.86. The molecule has 0 nitrogen and oxygen atoms in total. The van der Waals surface area contributed by atoms with Gasteiger partial charge in [-0.25, -0.2) is 0 Å². The van der Waals surface area contributed by atoms with Crippen LogP contribution in [0.3, 0.4) is 0 Å². The van der Waals surface area contributed by atoms with E-state index < -0.39 is 7.38 Å². The van der Waals surface area contributed by atoms with Crippen LogP contribution in [0.2, 0.25) is 11.1 Å². The zero-order chi connectivity index (χ0) is 9.94. The van der Waals surface area contributed by atoms with Gasteiger partial charge in [0, 0.05) is 0 Å². The van der Waals surface area contributed by atoms with Gasteiger partial charge in [-0.3, -0.25) is 0 Å². The van der Waals surface area contributed by atoms with Crippen molar-refractivity contribution < 1.29 is 0 Å². The van der Waals surface area contributed by atoms with Gasteiger partial charge in [-0.15, -0.1) is 0 Å². The van der Waals surface area contributed by atoms with Crippen molar-refractivity contribution in [1.82, 2.24) is 0 Å². The lowest BCUT2D eigenvalue weighted by atomic mass is 10.5. The standard InChI is InChI=1S/C10H21ClSi/c1-7-10(6)12(11,8(2)3)9(4)5/h7-9H,1-6H3. The van der Waals surface area contributed by atoms with E-state index >= 15 is 0 Å². The first-order chi connectivity index (χ1) is 5.37. The fourth-order valence-corrected chi connectivity index (χ4v) is 5.72. The van der Waals surface area contributed by atoms with Crippen LogP contribution in [0.25, 0.3) is 0 Å². The molecular weight excluding hydrogens is 184 g/mol. The zero-order valence-electron chi connectivity index (χ0n) is 9.11. The fourth-order valence-electron chi connectivity index (χ4n) is 1.80. The monoisotopic (exact) mass is 204 g/mol. The van der Waals surface area contributed by atoms with Crippen LogP contribution >= 0.6 is 11.1 Å². The maximum Gasteiger partial charge on any atom is 0.187 e. The number of rotatable bonds is 3. The van der Waals surface area contributed by atoms with Crippen LogP contribution in [-0.4, -0.2) is 7.38 Å². The van der Waals surface area contributed by atoms with Crippen molar-refractivity contribution in [3.8, 4) is 0 Å². The summed E-state index contributed by atoms with van der Waals surface area (Å²) in [5.74, 6) is 0. The van der Waals surface area contributed by atoms with Crippen molar-refractivity contribution in [2.45, 2.75) is 52.6 Å². The van der Waals surface area contributed by atoms with Gasteiger partial charge in [0.25, 0.3) is 0 Å². The maximum absolute atomic E-state index is 6.73. The van der Waals surface area contributed by atoms with Gasteiger partial charge in [0.15, 0.2) is 7.38 Å². The van der Waals surface area contributed by atoms with E-state index in [-0.39, 0.29) is 0 Å². The van der Waals surface area contributed by atoms with Crippen molar-refractivity contribution >= 4 is 18.5 Å². The van der Waals surface area contributed by atoms with Gasteiger partial charge in [-0.05, 0) is 24.9 Å². The highest BCUT2D eigenvalue weighted by molar-refractivity contribution is 7.25. The van der Waals surface area contributed by atoms with E-state index in [9.17, 15) is 0 Å². The first kappa shape index (κ1) is 12.2. The van der Waals surface area contributed by atoms with Gasteiger partial charge in [-0.1, -0.05) is 39.0 Å². The Bertz CT molecular complexity index is 163. The Morgan fingerprint density at radius 2 is 1.50 bits per heavy atom. The van der Waals surface area contributed by atoms with Crippen molar-refractivity contribution in [2.75, 3.05) is 0 Å². The van der Waals surface area contributed by atoms with E-state index in [1.54, 1.807) is 0 Å². The summed E-state index contributed by atoms with van der Waals surface area (Å²) < 4.78 is 0. The molecule has 0 atom stereocenters. The summed E-state index contributed by atoms with van der Waals surface area (Å²) in [6, 6.07) is 0. The molecule has 0 aromatic heterocycles. The third-order valence-corrected chi connectivity index (χ3v) is 11.1. The van der Waals surface area contributed by atoms with Crippen LogP contribution in [0.4, 0.5) is 0 Å². The minimum absolute atomic E-state index is 0.621. The summed E-state index contributed by atoms with van der Waals surface area (Å²) in [6.45, 7) is 13.2. The van der Waals surface area contributed by atoms with E-state index in [1.807, 2.05) is 0 Å². The molecule has 0 bridgehead atoms. The summed E-state index contributed by atoms with van der Waals surface area (Å²) >= 11 is 6.73. The summed E-state index contributed by atoms with van der Waals surface area (Å²) in [7, 11) is -1.67. The lowest BCUT2D eigenvalue weighted by Crippen LogP contribution is -2.36. The molecule has 0 aromatic carbocycles. The van der Waals surface area contributed by atoms with Crippen molar-refractivity contribution in [1.29, 1.82) is 0 Å². The SMILES string of the molecule is CC=C(C)[Si](Cl)(C(C)C)C(C)C. The molecule has 0 fully saturated rings. The van der Waals surface area contributed by atoms with Gasteiger partial charge in [0.2, 0.25) is 0 Å². The van der Waals surface area contributed by atoms with Crippen LogP contribution in [0.15, 0.2) is 11.3 Å². The van der Waals surface area contributed by atoms with Crippen molar-refractivity contribution in [3.05, 3.63) is 11.3 Å². The topological polar surface area (TPSA) is 0 Å². The zero-order valence-corrected chi connectivity index (χ0v) is 10.9. The van der Waals surface area contributed by atoms with Gasteiger partial charge >= 0.3 is 0 Å². The Labute approximate surface area is 82.7 Å². The van der Waals surface area contributed by atoms with Crippen LogP contribution in [0.5, 0.6) is 0 Å². The molecule has 72 valence electrons. The van der Waals surface area contributed by atoms with E-state index in [0.29, 0.717) is 11.1 Å². The molecular formula is C10H21ClSi. The van der Waals surface area contributed by atoms with Crippen molar-refractivity contribution in [2.24, 2.45) is 0 Å². The third-order valence-electron chi connectivity index (χ3n) is 2.72. The molecule has 0 unspecified atom stereocenters. The van der Waals surface area contributed by atoms with Crippen LogP contribution in [-0.2, 0) is 0 Å². The second-order valence-electron chi connectivity index (χ2n) is 4.05. The second-order valence-corrected chi connectivity index (χ2v) is 10.6. The molecule has 0 aliphatic carbocycles. The minimum Gasteiger partial charge on any atom is -0.161 e. The largest absolute Gasteiger partial charge is 0.187 e. The molecule has 0 heterocycles. The van der Waals surface area contributed by atoms with E-state index in [0.717, 1.165) is 0 Å². The van der Waals surface area contributed by atoms with Crippen LogP contribution in [0, 0.1) is 0 Å². The van der Waals surface area contributed by atoms with Gasteiger partial charge in [0.05, 0.1) is 0 Å². The molecule has 0 radical (unpaired) electrons. The number of allylic oxidation sites excluding steroid dienone is 2. The van der Waals surface area contributed by atoms with E-state index in [4.69, 9.17) is 11.1 Å². The highest BCUT2D eigenvalue weighted by atomic mass is 35.6. The molecule has 0 amide bonds. The molecule has 0 aromatic rings. The predicted molar refractivity (Wildman–Crippen MR) is 61.2 cm³/mol.